The minimum Gasteiger partial charge on any atom is -0.494 e. The van der Waals surface area contributed by atoms with E-state index in [-0.39, 0.29) is 0 Å². The van der Waals surface area contributed by atoms with Crippen LogP contribution in [-0.4, -0.2) is 26.4 Å². The quantitative estimate of drug-likeness (QED) is 0.840. The van der Waals surface area contributed by atoms with Gasteiger partial charge in [-0.3, -0.25) is 0 Å². The zero-order valence-corrected chi connectivity index (χ0v) is 11.2. The van der Waals surface area contributed by atoms with Crippen molar-refractivity contribution < 1.29 is 9.47 Å². The highest BCUT2D eigenvalue weighted by Gasteiger charge is 2.12. The molecule has 1 aliphatic rings. The number of nitrogens with one attached hydrogen (secondary N) is 1. The van der Waals surface area contributed by atoms with Gasteiger partial charge in [0.1, 0.15) is 5.75 Å². The van der Waals surface area contributed by atoms with Crippen LogP contribution in [0.3, 0.4) is 0 Å². The molecule has 1 saturated heterocycles. The molecule has 1 atom stereocenters. The molecule has 0 aliphatic carbocycles. The summed E-state index contributed by atoms with van der Waals surface area (Å²) in [6, 6.07) is 8.30. The zero-order valence-electron chi connectivity index (χ0n) is 11.2. The molecular formula is C15H23NO2. The molecular weight excluding hydrogens is 226 g/mol. The summed E-state index contributed by atoms with van der Waals surface area (Å²) < 4.78 is 10.9. The van der Waals surface area contributed by atoms with Crippen LogP contribution in [-0.2, 0) is 11.3 Å². The van der Waals surface area contributed by atoms with Crippen molar-refractivity contribution >= 4 is 0 Å². The Morgan fingerprint density at radius 2 is 2.17 bits per heavy atom. The predicted octanol–water partition coefficient (Wildman–Crippen LogP) is 2.60. The second-order valence-corrected chi connectivity index (χ2v) is 4.79. The molecule has 1 heterocycles. The molecule has 0 radical (unpaired) electrons. The third-order valence-corrected chi connectivity index (χ3v) is 3.25. The predicted molar refractivity (Wildman–Crippen MR) is 72.9 cm³/mol. The molecule has 3 heteroatoms. The first-order valence-corrected chi connectivity index (χ1v) is 6.88. The van der Waals surface area contributed by atoms with Crippen molar-refractivity contribution in [3.8, 4) is 5.75 Å². The Bertz CT molecular complexity index is 331. The van der Waals surface area contributed by atoms with E-state index in [9.17, 15) is 0 Å². The van der Waals surface area contributed by atoms with Gasteiger partial charge in [0.15, 0.2) is 0 Å². The first-order valence-electron chi connectivity index (χ1n) is 6.88. The Hall–Kier alpha value is -1.06. The summed E-state index contributed by atoms with van der Waals surface area (Å²) in [5, 5.41) is 3.50. The molecule has 18 heavy (non-hydrogen) atoms. The highest BCUT2D eigenvalue weighted by atomic mass is 16.5. The van der Waals surface area contributed by atoms with Gasteiger partial charge in [-0.1, -0.05) is 12.1 Å². The van der Waals surface area contributed by atoms with Gasteiger partial charge in [0.05, 0.1) is 13.2 Å². The topological polar surface area (TPSA) is 30.5 Å². The van der Waals surface area contributed by atoms with Gasteiger partial charge in [-0.25, -0.2) is 0 Å². The van der Waals surface area contributed by atoms with E-state index in [0.717, 1.165) is 38.7 Å². The Morgan fingerprint density at radius 3 is 2.83 bits per heavy atom. The van der Waals surface area contributed by atoms with Crippen molar-refractivity contribution in [2.45, 2.75) is 26.3 Å². The van der Waals surface area contributed by atoms with Gasteiger partial charge < -0.3 is 14.8 Å². The van der Waals surface area contributed by atoms with Crippen molar-refractivity contribution in [1.29, 1.82) is 0 Å². The SMILES string of the molecule is CCOc1ccc(CNCC2CCCOC2)cc1. The van der Waals surface area contributed by atoms with E-state index < -0.39 is 0 Å². The fourth-order valence-corrected chi connectivity index (χ4v) is 2.26. The van der Waals surface area contributed by atoms with Gasteiger partial charge in [0.2, 0.25) is 0 Å². The summed E-state index contributed by atoms with van der Waals surface area (Å²) in [6.45, 7) is 6.54. The van der Waals surface area contributed by atoms with Crippen LogP contribution in [0.15, 0.2) is 24.3 Å². The highest BCUT2D eigenvalue weighted by Crippen LogP contribution is 2.14. The monoisotopic (exact) mass is 249 g/mol. The lowest BCUT2D eigenvalue weighted by molar-refractivity contribution is 0.0547. The maximum Gasteiger partial charge on any atom is 0.119 e. The highest BCUT2D eigenvalue weighted by molar-refractivity contribution is 5.27. The van der Waals surface area contributed by atoms with Gasteiger partial charge >= 0.3 is 0 Å². The van der Waals surface area contributed by atoms with Crippen LogP contribution < -0.4 is 10.1 Å². The van der Waals surface area contributed by atoms with Crippen LogP contribution in [0.4, 0.5) is 0 Å². The molecule has 0 bridgehead atoms. The van der Waals surface area contributed by atoms with Crippen LogP contribution in [0.5, 0.6) is 5.75 Å². The number of hydrogen-bond donors (Lipinski definition) is 1. The van der Waals surface area contributed by atoms with Gasteiger partial charge in [0.25, 0.3) is 0 Å². The number of hydrogen-bond acceptors (Lipinski definition) is 3. The Morgan fingerprint density at radius 1 is 1.33 bits per heavy atom. The van der Waals surface area contributed by atoms with E-state index in [4.69, 9.17) is 9.47 Å². The minimum absolute atomic E-state index is 0.682. The molecule has 0 spiro atoms. The van der Waals surface area contributed by atoms with Crippen LogP contribution in [0.2, 0.25) is 0 Å². The van der Waals surface area contributed by atoms with E-state index in [2.05, 4.69) is 17.4 Å². The van der Waals surface area contributed by atoms with Crippen molar-refractivity contribution in [2.75, 3.05) is 26.4 Å². The van der Waals surface area contributed by atoms with Crippen molar-refractivity contribution in [3.05, 3.63) is 29.8 Å². The molecule has 1 aromatic carbocycles. The molecule has 1 unspecified atom stereocenters. The van der Waals surface area contributed by atoms with Crippen molar-refractivity contribution in [1.82, 2.24) is 5.32 Å². The van der Waals surface area contributed by atoms with Crippen LogP contribution in [0.25, 0.3) is 0 Å². The summed E-state index contributed by atoms with van der Waals surface area (Å²) in [5.74, 6) is 1.63. The standard InChI is InChI=1S/C15H23NO2/c1-2-18-15-7-5-13(6-8-15)10-16-11-14-4-3-9-17-12-14/h5-8,14,16H,2-4,9-12H2,1H3. The molecule has 0 saturated carbocycles. The molecule has 1 aromatic rings. The first-order chi connectivity index (χ1) is 8.88. The minimum atomic E-state index is 0.682. The summed E-state index contributed by atoms with van der Waals surface area (Å²) in [5.41, 5.74) is 1.30. The van der Waals surface area contributed by atoms with Gasteiger partial charge in [-0.05, 0) is 43.4 Å². The van der Waals surface area contributed by atoms with Crippen LogP contribution in [0, 0.1) is 5.92 Å². The molecule has 3 nitrogen and oxygen atoms in total. The number of rotatable bonds is 6. The number of ether oxygens (including phenoxy) is 2. The van der Waals surface area contributed by atoms with E-state index in [1.54, 1.807) is 0 Å². The third kappa shape index (κ3) is 4.31. The molecule has 100 valence electrons. The van der Waals surface area contributed by atoms with Crippen molar-refractivity contribution in [2.24, 2.45) is 5.92 Å². The van der Waals surface area contributed by atoms with Crippen LogP contribution >= 0.6 is 0 Å². The smallest absolute Gasteiger partial charge is 0.119 e. The van der Waals surface area contributed by atoms with Gasteiger partial charge in [0, 0.05) is 19.7 Å². The van der Waals surface area contributed by atoms with Gasteiger partial charge in [-0.2, -0.15) is 0 Å². The van der Waals surface area contributed by atoms with E-state index in [1.807, 2.05) is 19.1 Å². The second-order valence-electron chi connectivity index (χ2n) is 4.79. The summed E-state index contributed by atoms with van der Waals surface area (Å²) in [4.78, 5) is 0. The van der Waals surface area contributed by atoms with E-state index >= 15 is 0 Å². The Kier molecular flexibility index (Phi) is 5.49. The lowest BCUT2D eigenvalue weighted by atomic mass is 10.0. The average molecular weight is 249 g/mol. The fourth-order valence-electron chi connectivity index (χ4n) is 2.26. The molecule has 0 aromatic heterocycles. The average Bonchev–Trinajstić information content (AvgIpc) is 2.42. The van der Waals surface area contributed by atoms with E-state index in [0.29, 0.717) is 5.92 Å². The summed E-state index contributed by atoms with van der Waals surface area (Å²) >= 11 is 0. The largest absolute Gasteiger partial charge is 0.494 e. The van der Waals surface area contributed by atoms with Gasteiger partial charge in [-0.15, -0.1) is 0 Å². The van der Waals surface area contributed by atoms with Crippen molar-refractivity contribution in [3.63, 3.8) is 0 Å². The Balaban J connectivity index is 1.69. The molecule has 2 rings (SSSR count). The maximum atomic E-state index is 5.47. The lowest BCUT2D eigenvalue weighted by Gasteiger charge is -2.22. The second kappa shape index (κ2) is 7.39. The van der Waals surface area contributed by atoms with Crippen LogP contribution in [0.1, 0.15) is 25.3 Å². The molecule has 0 amide bonds. The summed E-state index contributed by atoms with van der Waals surface area (Å²) in [7, 11) is 0. The molecule has 1 aliphatic heterocycles. The molecule has 1 N–H and O–H groups in total. The first kappa shape index (κ1) is 13.4. The normalized spacial score (nSPS) is 19.7. The zero-order chi connectivity index (χ0) is 12.6. The summed E-state index contributed by atoms with van der Waals surface area (Å²) in [6.07, 6.45) is 2.49. The Labute approximate surface area is 109 Å². The molecule has 1 fully saturated rings. The maximum absolute atomic E-state index is 5.47. The number of benzene rings is 1. The lowest BCUT2D eigenvalue weighted by Crippen LogP contribution is -2.28. The fraction of sp³-hybridized carbons (Fsp3) is 0.600. The third-order valence-electron chi connectivity index (χ3n) is 3.25. The van der Waals surface area contributed by atoms with E-state index in [1.165, 1.54) is 18.4 Å².